The molecule has 0 saturated carbocycles. The SMILES string of the molecule is COc1cccc(-c2csc(NC(=O)CSc3ccc(NC(=O)c4ccco4)cc3)n2)c1. The van der Waals surface area contributed by atoms with Gasteiger partial charge in [0, 0.05) is 21.5 Å². The van der Waals surface area contributed by atoms with Gasteiger partial charge in [0.1, 0.15) is 5.75 Å². The van der Waals surface area contributed by atoms with Crippen molar-refractivity contribution in [2.45, 2.75) is 4.90 Å². The second kappa shape index (κ2) is 10.2. The number of anilines is 2. The highest BCUT2D eigenvalue weighted by molar-refractivity contribution is 8.00. The zero-order chi connectivity index (χ0) is 22.3. The van der Waals surface area contributed by atoms with Crippen LogP contribution in [0.15, 0.2) is 81.6 Å². The number of nitrogens with zero attached hydrogens (tertiary/aromatic N) is 1. The molecule has 4 aromatic rings. The first-order valence-electron chi connectivity index (χ1n) is 9.58. The molecule has 0 spiro atoms. The molecule has 0 aliphatic carbocycles. The third-order valence-electron chi connectivity index (χ3n) is 4.34. The Labute approximate surface area is 192 Å². The number of furan rings is 1. The van der Waals surface area contributed by atoms with Crippen molar-refractivity contribution in [1.82, 2.24) is 4.98 Å². The van der Waals surface area contributed by atoms with Gasteiger partial charge in [0.2, 0.25) is 5.91 Å². The lowest BCUT2D eigenvalue weighted by molar-refractivity contribution is -0.113. The van der Waals surface area contributed by atoms with E-state index in [2.05, 4.69) is 15.6 Å². The number of aromatic nitrogens is 1. The van der Waals surface area contributed by atoms with Gasteiger partial charge in [0.15, 0.2) is 10.9 Å². The molecule has 162 valence electrons. The average molecular weight is 466 g/mol. The van der Waals surface area contributed by atoms with Crippen molar-refractivity contribution in [3.8, 4) is 17.0 Å². The fourth-order valence-corrected chi connectivity index (χ4v) is 4.22. The predicted octanol–water partition coefficient (Wildman–Crippen LogP) is 5.39. The third kappa shape index (κ3) is 5.57. The van der Waals surface area contributed by atoms with Gasteiger partial charge in [-0.3, -0.25) is 9.59 Å². The zero-order valence-electron chi connectivity index (χ0n) is 17.0. The molecular weight excluding hydrogens is 446 g/mol. The number of carbonyl (C=O) groups excluding carboxylic acids is 2. The fraction of sp³-hybridized carbons (Fsp3) is 0.0870. The molecular formula is C23H19N3O4S2. The minimum atomic E-state index is -0.313. The minimum absolute atomic E-state index is 0.142. The molecule has 0 aliphatic heterocycles. The van der Waals surface area contributed by atoms with Crippen LogP contribution in [0.2, 0.25) is 0 Å². The van der Waals surface area contributed by atoms with Gasteiger partial charge >= 0.3 is 0 Å². The summed E-state index contributed by atoms with van der Waals surface area (Å²) < 4.78 is 10.3. The normalized spacial score (nSPS) is 10.5. The molecule has 0 saturated heterocycles. The topological polar surface area (TPSA) is 93.5 Å². The lowest BCUT2D eigenvalue weighted by atomic mass is 10.2. The van der Waals surface area contributed by atoms with E-state index in [1.165, 1.54) is 29.4 Å². The number of hydrogen-bond acceptors (Lipinski definition) is 7. The molecule has 0 fully saturated rings. The van der Waals surface area contributed by atoms with Crippen LogP contribution in [0.4, 0.5) is 10.8 Å². The highest BCUT2D eigenvalue weighted by atomic mass is 32.2. The molecule has 2 amide bonds. The number of thiazole rings is 1. The molecule has 9 heteroatoms. The number of nitrogens with one attached hydrogen (secondary N) is 2. The van der Waals surface area contributed by atoms with Crippen LogP contribution in [-0.4, -0.2) is 29.7 Å². The molecule has 0 unspecified atom stereocenters. The third-order valence-corrected chi connectivity index (χ3v) is 6.11. The van der Waals surface area contributed by atoms with E-state index in [-0.39, 0.29) is 23.3 Å². The van der Waals surface area contributed by atoms with Gasteiger partial charge < -0.3 is 19.8 Å². The molecule has 4 rings (SSSR count). The van der Waals surface area contributed by atoms with Crippen LogP contribution < -0.4 is 15.4 Å². The van der Waals surface area contributed by atoms with E-state index < -0.39 is 0 Å². The van der Waals surface area contributed by atoms with E-state index in [0.29, 0.717) is 10.8 Å². The first-order chi connectivity index (χ1) is 15.6. The number of amides is 2. The number of carbonyl (C=O) groups is 2. The molecule has 7 nitrogen and oxygen atoms in total. The van der Waals surface area contributed by atoms with E-state index in [9.17, 15) is 9.59 Å². The summed E-state index contributed by atoms with van der Waals surface area (Å²) in [5, 5.41) is 8.03. The number of benzene rings is 2. The van der Waals surface area contributed by atoms with Crippen LogP contribution in [-0.2, 0) is 4.79 Å². The summed E-state index contributed by atoms with van der Waals surface area (Å²) in [6, 6.07) is 18.1. The van der Waals surface area contributed by atoms with Crippen LogP contribution in [0, 0.1) is 0 Å². The van der Waals surface area contributed by atoms with Gasteiger partial charge in [0.25, 0.3) is 5.91 Å². The van der Waals surface area contributed by atoms with E-state index in [4.69, 9.17) is 9.15 Å². The molecule has 0 radical (unpaired) electrons. The van der Waals surface area contributed by atoms with Crippen LogP contribution in [0.5, 0.6) is 5.75 Å². The molecule has 2 aromatic carbocycles. The Balaban J connectivity index is 1.28. The van der Waals surface area contributed by atoms with Crippen LogP contribution in [0.3, 0.4) is 0 Å². The number of hydrogen-bond donors (Lipinski definition) is 2. The van der Waals surface area contributed by atoms with Crippen molar-refractivity contribution < 1.29 is 18.7 Å². The van der Waals surface area contributed by atoms with E-state index in [0.717, 1.165) is 21.9 Å². The highest BCUT2D eigenvalue weighted by Crippen LogP contribution is 2.28. The van der Waals surface area contributed by atoms with Crippen molar-refractivity contribution in [2.24, 2.45) is 0 Å². The Morgan fingerprint density at radius 1 is 1.09 bits per heavy atom. The first-order valence-corrected chi connectivity index (χ1v) is 11.4. The van der Waals surface area contributed by atoms with E-state index >= 15 is 0 Å². The fourth-order valence-electron chi connectivity index (χ4n) is 2.79. The molecule has 0 bridgehead atoms. The monoisotopic (exact) mass is 465 g/mol. The van der Waals surface area contributed by atoms with E-state index in [1.807, 2.05) is 41.8 Å². The minimum Gasteiger partial charge on any atom is -0.497 e. The maximum Gasteiger partial charge on any atom is 0.291 e. The summed E-state index contributed by atoms with van der Waals surface area (Å²) in [6.45, 7) is 0. The Hall–Kier alpha value is -3.56. The van der Waals surface area contributed by atoms with Gasteiger partial charge in [0.05, 0.1) is 24.8 Å². The maximum absolute atomic E-state index is 12.3. The molecule has 0 aliphatic rings. The van der Waals surface area contributed by atoms with Crippen LogP contribution in [0.1, 0.15) is 10.6 Å². The summed E-state index contributed by atoms with van der Waals surface area (Å²) in [5.74, 6) is 0.788. The summed E-state index contributed by atoms with van der Waals surface area (Å²) in [7, 11) is 1.62. The van der Waals surface area contributed by atoms with Crippen molar-refractivity contribution in [3.05, 3.63) is 78.1 Å². The average Bonchev–Trinajstić information content (AvgIpc) is 3.51. The van der Waals surface area contributed by atoms with Crippen LogP contribution >= 0.6 is 23.1 Å². The van der Waals surface area contributed by atoms with Crippen molar-refractivity contribution in [2.75, 3.05) is 23.5 Å². The summed E-state index contributed by atoms with van der Waals surface area (Å²) in [6.07, 6.45) is 1.45. The Bertz CT molecular complexity index is 1200. The lowest BCUT2D eigenvalue weighted by Crippen LogP contribution is -2.13. The van der Waals surface area contributed by atoms with Gasteiger partial charge in [-0.15, -0.1) is 23.1 Å². The summed E-state index contributed by atoms with van der Waals surface area (Å²) in [4.78, 5) is 29.7. The Morgan fingerprint density at radius 2 is 1.94 bits per heavy atom. The summed E-state index contributed by atoms with van der Waals surface area (Å²) in [5.41, 5.74) is 2.35. The zero-order valence-corrected chi connectivity index (χ0v) is 18.7. The largest absolute Gasteiger partial charge is 0.497 e. The quantitative estimate of drug-likeness (QED) is 0.339. The first kappa shape index (κ1) is 21.7. The number of thioether (sulfide) groups is 1. The van der Waals surface area contributed by atoms with Crippen molar-refractivity contribution >= 4 is 45.7 Å². The van der Waals surface area contributed by atoms with Crippen LogP contribution in [0.25, 0.3) is 11.3 Å². The highest BCUT2D eigenvalue weighted by Gasteiger charge is 2.11. The molecule has 2 N–H and O–H groups in total. The van der Waals surface area contributed by atoms with Crippen molar-refractivity contribution in [3.63, 3.8) is 0 Å². The van der Waals surface area contributed by atoms with Gasteiger partial charge in [-0.2, -0.15) is 0 Å². The van der Waals surface area contributed by atoms with Gasteiger partial charge in [-0.1, -0.05) is 12.1 Å². The number of rotatable bonds is 8. The Kier molecular flexibility index (Phi) is 6.88. The molecule has 0 atom stereocenters. The number of ether oxygens (including phenoxy) is 1. The smallest absolute Gasteiger partial charge is 0.291 e. The van der Waals surface area contributed by atoms with Gasteiger partial charge in [-0.25, -0.2) is 4.98 Å². The predicted molar refractivity (Wildman–Crippen MR) is 127 cm³/mol. The molecule has 2 heterocycles. The lowest BCUT2D eigenvalue weighted by Gasteiger charge is -2.05. The molecule has 32 heavy (non-hydrogen) atoms. The second-order valence-electron chi connectivity index (χ2n) is 6.56. The molecule has 2 aromatic heterocycles. The Morgan fingerprint density at radius 3 is 2.69 bits per heavy atom. The standard InChI is InChI=1S/C23H19N3O4S2/c1-29-17-5-2-4-15(12-17)19-13-32-23(25-19)26-21(27)14-31-18-9-7-16(8-10-18)24-22(28)20-6-3-11-30-20/h2-13H,14H2,1H3,(H,24,28)(H,25,26,27). The van der Waals surface area contributed by atoms with Gasteiger partial charge in [-0.05, 0) is 48.5 Å². The second-order valence-corrected chi connectivity index (χ2v) is 8.47. The number of methoxy groups -OCH3 is 1. The van der Waals surface area contributed by atoms with Crippen molar-refractivity contribution in [1.29, 1.82) is 0 Å². The maximum atomic E-state index is 12.3. The van der Waals surface area contributed by atoms with E-state index in [1.54, 1.807) is 31.4 Å². The summed E-state index contributed by atoms with van der Waals surface area (Å²) >= 11 is 2.77.